The summed E-state index contributed by atoms with van der Waals surface area (Å²) in [6.45, 7) is 0. The number of amides is 1. The molecule has 0 fully saturated rings. The highest BCUT2D eigenvalue weighted by Gasteiger charge is 2.15. The lowest BCUT2D eigenvalue weighted by Crippen LogP contribution is -2.15. The Hall–Kier alpha value is -2.57. The van der Waals surface area contributed by atoms with E-state index in [0.29, 0.717) is 21.4 Å². The van der Waals surface area contributed by atoms with Crippen molar-refractivity contribution in [3.05, 3.63) is 74.9 Å². The van der Waals surface area contributed by atoms with Crippen molar-refractivity contribution in [3.8, 4) is 5.69 Å². The minimum atomic E-state index is -0.596. The number of aromatic nitrogens is 3. The number of rotatable bonds is 3. The zero-order chi connectivity index (χ0) is 16.4. The largest absolute Gasteiger partial charge is 0.348 e. The van der Waals surface area contributed by atoms with Gasteiger partial charge in [0.1, 0.15) is 0 Å². The summed E-state index contributed by atoms with van der Waals surface area (Å²) in [5.74, 6) is -0.726. The summed E-state index contributed by atoms with van der Waals surface area (Å²) in [4.78, 5) is 26.6. The highest BCUT2D eigenvalue weighted by Crippen LogP contribution is 2.25. The molecule has 1 aromatic heterocycles. The SMILES string of the molecule is O=C(Nc1cc(Cl)ccc1Cl)c1nn(-c2ccccc2)c(=O)[nH]1. The van der Waals surface area contributed by atoms with Gasteiger partial charge in [0.05, 0.1) is 16.4 Å². The lowest BCUT2D eigenvalue weighted by atomic mass is 10.3. The van der Waals surface area contributed by atoms with Gasteiger partial charge in [0.15, 0.2) is 0 Å². The van der Waals surface area contributed by atoms with E-state index < -0.39 is 11.6 Å². The molecule has 8 heteroatoms. The predicted molar refractivity (Wildman–Crippen MR) is 88.6 cm³/mol. The average Bonchev–Trinajstić information content (AvgIpc) is 2.94. The first-order chi connectivity index (χ1) is 11.0. The number of carbonyl (C=O) groups excluding carboxylic acids is 1. The molecular weight excluding hydrogens is 339 g/mol. The minimum absolute atomic E-state index is 0.130. The monoisotopic (exact) mass is 348 g/mol. The molecule has 0 aliphatic heterocycles. The first-order valence-electron chi connectivity index (χ1n) is 6.56. The molecule has 1 amide bonds. The van der Waals surface area contributed by atoms with E-state index in [-0.39, 0.29) is 5.82 Å². The quantitative estimate of drug-likeness (QED) is 0.762. The van der Waals surface area contributed by atoms with Crippen LogP contribution in [-0.2, 0) is 0 Å². The Morgan fingerprint density at radius 3 is 2.61 bits per heavy atom. The fourth-order valence-electron chi connectivity index (χ4n) is 1.95. The molecular formula is C15H10Cl2N4O2. The maximum absolute atomic E-state index is 12.2. The van der Waals surface area contributed by atoms with Gasteiger partial charge in [-0.25, -0.2) is 4.79 Å². The summed E-state index contributed by atoms with van der Waals surface area (Å²) < 4.78 is 1.11. The number of nitrogens with zero attached hydrogens (tertiary/aromatic N) is 2. The predicted octanol–water partition coefficient (Wildman–Crippen LogP) is 3.12. The van der Waals surface area contributed by atoms with E-state index in [1.165, 1.54) is 6.07 Å². The van der Waals surface area contributed by atoms with Crippen molar-refractivity contribution in [1.29, 1.82) is 0 Å². The maximum Gasteiger partial charge on any atom is 0.348 e. The first-order valence-corrected chi connectivity index (χ1v) is 7.31. The topological polar surface area (TPSA) is 79.8 Å². The van der Waals surface area contributed by atoms with E-state index in [9.17, 15) is 9.59 Å². The van der Waals surface area contributed by atoms with Gasteiger partial charge in [0.25, 0.3) is 5.91 Å². The number of aromatic amines is 1. The van der Waals surface area contributed by atoms with Gasteiger partial charge in [0.2, 0.25) is 5.82 Å². The lowest BCUT2D eigenvalue weighted by molar-refractivity contribution is 0.101. The van der Waals surface area contributed by atoms with Crippen molar-refractivity contribution < 1.29 is 4.79 Å². The van der Waals surface area contributed by atoms with Crippen LogP contribution in [0.25, 0.3) is 5.69 Å². The second-order valence-electron chi connectivity index (χ2n) is 4.60. The second-order valence-corrected chi connectivity index (χ2v) is 5.45. The molecule has 0 unspecified atom stereocenters. The number of halogens is 2. The number of benzene rings is 2. The molecule has 0 aliphatic carbocycles. The molecule has 116 valence electrons. The first kappa shape index (κ1) is 15.3. The maximum atomic E-state index is 12.2. The Labute approximate surface area is 140 Å². The Balaban J connectivity index is 1.89. The van der Waals surface area contributed by atoms with E-state index in [4.69, 9.17) is 23.2 Å². The molecule has 2 aromatic carbocycles. The molecule has 1 heterocycles. The molecule has 23 heavy (non-hydrogen) atoms. The zero-order valence-electron chi connectivity index (χ0n) is 11.6. The van der Waals surface area contributed by atoms with Gasteiger partial charge in [-0.1, -0.05) is 41.4 Å². The number of para-hydroxylation sites is 1. The van der Waals surface area contributed by atoms with Crippen molar-refractivity contribution in [2.75, 3.05) is 5.32 Å². The highest BCUT2D eigenvalue weighted by atomic mass is 35.5. The molecule has 0 spiro atoms. The van der Waals surface area contributed by atoms with Crippen LogP contribution in [0.3, 0.4) is 0 Å². The van der Waals surface area contributed by atoms with Gasteiger partial charge in [-0.3, -0.25) is 9.78 Å². The normalized spacial score (nSPS) is 10.5. The van der Waals surface area contributed by atoms with Crippen molar-refractivity contribution in [2.45, 2.75) is 0 Å². The second kappa shape index (κ2) is 6.28. The molecule has 0 atom stereocenters. The molecule has 0 aliphatic rings. The van der Waals surface area contributed by atoms with Gasteiger partial charge in [-0.15, -0.1) is 5.10 Å². The van der Waals surface area contributed by atoms with Crippen molar-refractivity contribution in [1.82, 2.24) is 14.8 Å². The molecule has 0 radical (unpaired) electrons. The van der Waals surface area contributed by atoms with Gasteiger partial charge >= 0.3 is 5.69 Å². The summed E-state index contributed by atoms with van der Waals surface area (Å²) in [7, 11) is 0. The number of hydrogen-bond acceptors (Lipinski definition) is 3. The summed E-state index contributed by atoms with van der Waals surface area (Å²) >= 11 is 11.9. The average molecular weight is 349 g/mol. The molecule has 3 rings (SSSR count). The van der Waals surface area contributed by atoms with Gasteiger partial charge < -0.3 is 5.32 Å². The van der Waals surface area contributed by atoms with E-state index in [0.717, 1.165) is 4.68 Å². The zero-order valence-corrected chi connectivity index (χ0v) is 13.1. The van der Waals surface area contributed by atoms with Gasteiger partial charge in [0, 0.05) is 5.02 Å². The van der Waals surface area contributed by atoms with Crippen molar-refractivity contribution in [2.24, 2.45) is 0 Å². The Bertz CT molecular complexity index is 919. The van der Waals surface area contributed by atoms with Crippen LogP contribution in [0.15, 0.2) is 53.3 Å². The summed E-state index contributed by atoms with van der Waals surface area (Å²) in [5.41, 5.74) is 0.367. The molecule has 0 saturated carbocycles. The third kappa shape index (κ3) is 3.28. The number of nitrogens with one attached hydrogen (secondary N) is 2. The van der Waals surface area contributed by atoms with E-state index in [2.05, 4.69) is 15.4 Å². The Morgan fingerprint density at radius 2 is 1.87 bits per heavy atom. The van der Waals surface area contributed by atoms with Crippen molar-refractivity contribution in [3.63, 3.8) is 0 Å². The molecule has 0 saturated heterocycles. The van der Waals surface area contributed by atoms with E-state index in [1.807, 2.05) is 6.07 Å². The van der Waals surface area contributed by atoms with Gasteiger partial charge in [-0.05, 0) is 30.3 Å². The Kier molecular flexibility index (Phi) is 4.18. The number of H-pyrrole nitrogens is 1. The van der Waals surface area contributed by atoms with Crippen LogP contribution >= 0.6 is 23.2 Å². The third-order valence-electron chi connectivity index (χ3n) is 3.01. The molecule has 0 bridgehead atoms. The van der Waals surface area contributed by atoms with Crippen LogP contribution in [0, 0.1) is 0 Å². The lowest BCUT2D eigenvalue weighted by Gasteiger charge is -2.05. The summed E-state index contributed by atoms with van der Waals surface area (Å²) in [6.07, 6.45) is 0. The number of carbonyl (C=O) groups is 1. The fourth-order valence-corrected chi connectivity index (χ4v) is 2.28. The third-order valence-corrected chi connectivity index (χ3v) is 3.57. The van der Waals surface area contributed by atoms with Crippen LogP contribution in [0.1, 0.15) is 10.6 Å². The molecule has 2 N–H and O–H groups in total. The number of anilines is 1. The fraction of sp³-hybridized carbons (Fsp3) is 0. The van der Waals surface area contributed by atoms with Gasteiger partial charge in [-0.2, -0.15) is 4.68 Å². The standard InChI is InChI=1S/C15H10Cl2N4O2/c16-9-6-7-11(17)12(8-9)18-14(22)13-19-15(23)21(20-13)10-4-2-1-3-5-10/h1-8H,(H,18,22)(H,19,20,23). The van der Waals surface area contributed by atoms with Crippen LogP contribution < -0.4 is 11.0 Å². The highest BCUT2D eigenvalue weighted by molar-refractivity contribution is 6.35. The Morgan fingerprint density at radius 1 is 1.13 bits per heavy atom. The van der Waals surface area contributed by atoms with Crippen LogP contribution in [-0.4, -0.2) is 20.7 Å². The minimum Gasteiger partial charge on any atom is -0.318 e. The molecule has 3 aromatic rings. The summed E-state index contributed by atoms with van der Waals surface area (Å²) in [6, 6.07) is 13.4. The smallest absolute Gasteiger partial charge is 0.318 e. The van der Waals surface area contributed by atoms with Crippen LogP contribution in [0.5, 0.6) is 0 Å². The van der Waals surface area contributed by atoms with Crippen molar-refractivity contribution >= 4 is 34.8 Å². The molecule has 6 nitrogen and oxygen atoms in total. The number of hydrogen-bond donors (Lipinski definition) is 2. The van der Waals surface area contributed by atoms with Crippen LogP contribution in [0.4, 0.5) is 5.69 Å². The van der Waals surface area contributed by atoms with E-state index in [1.54, 1.807) is 36.4 Å². The summed E-state index contributed by atoms with van der Waals surface area (Å²) in [5, 5.41) is 7.30. The van der Waals surface area contributed by atoms with Crippen LogP contribution in [0.2, 0.25) is 10.0 Å². The van der Waals surface area contributed by atoms with E-state index >= 15 is 0 Å².